The Hall–Kier alpha value is -2.33. The van der Waals surface area contributed by atoms with Crippen molar-refractivity contribution >= 4 is 17.6 Å². The van der Waals surface area contributed by atoms with E-state index in [9.17, 15) is 14.4 Å². The van der Waals surface area contributed by atoms with Gasteiger partial charge in [0.15, 0.2) is 0 Å². The molecule has 2 amide bonds. The lowest BCUT2D eigenvalue weighted by Gasteiger charge is -2.30. The normalized spacial score (nSPS) is 17.3. The second-order valence-electron chi connectivity index (χ2n) is 5.90. The molecule has 24 heavy (non-hydrogen) atoms. The van der Waals surface area contributed by atoms with Crippen LogP contribution in [0.1, 0.15) is 37.5 Å². The van der Waals surface area contributed by atoms with Crippen LogP contribution in [-0.2, 0) is 14.4 Å². The lowest BCUT2D eigenvalue weighted by molar-refractivity contribution is -0.138. The number of nitrogens with one attached hydrogen (secondary N) is 1. The van der Waals surface area contributed by atoms with Crippen LogP contribution in [0.15, 0.2) is 6.20 Å². The monoisotopic (exact) mass is 337 g/mol. The Bertz CT molecular complexity index is 609. The van der Waals surface area contributed by atoms with E-state index in [2.05, 4.69) is 15.6 Å². The Morgan fingerprint density at radius 2 is 1.96 bits per heavy atom. The molecule has 0 saturated carbocycles. The molecule has 1 saturated heterocycles. The Kier molecular flexibility index (Phi) is 5.99. The summed E-state index contributed by atoms with van der Waals surface area (Å²) in [6.45, 7) is 3.94. The molecule has 1 aliphatic heterocycles. The fourth-order valence-corrected chi connectivity index (χ4v) is 2.61. The first-order valence-electron chi connectivity index (χ1n) is 7.83. The maximum Gasteiger partial charge on any atom is 0.248 e. The summed E-state index contributed by atoms with van der Waals surface area (Å²) >= 11 is 0. The molecule has 2 heterocycles. The highest BCUT2D eigenvalue weighted by molar-refractivity contribution is 5.86. The van der Waals surface area contributed by atoms with Gasteiger partial charge in [0.1, 0.15) is 11.8 Å². The van der Waals surface area contributed by atoms with Crippen molar-refractivity contribution in [2.75, 3.05) is 26.2 Å². The predicted octanol–water partition coefficient (Wildman–Crippen LogP) is -1.89. The van der Waals surface area contributed by atoms with Crippen LogP contribution in [0.25, 0.3) is 0 Å². The molecule has 5 N–H and O–H groups in total. The van der Waals surface area contributed by atoms with Gasteiger partial charge in [0.2, 0.25) is 11.8 Å². The molecule has 0 aliphatic carbocycles. The molecular weight excluding hydrogens is 314 g/mol. The Balaban J connectivity index is 2.18. The number of piperazine rings is 1. The molecule has 1 fully saturated rings. The minimum Gasteiger partial charge on any atom is -0.370 e. The molecule has 0 spiro atoms. The summed E-state index contributed by atoms with van der Waals surface area (Å²) in [5.74, 6) is -0.900. The molecule has 10 heteroatoms. The van der Waals surface area contributed by atoms with E-state index in [1.54, 1.807) is 4.90 Å². The molecule has 0 aromatic carbocycles. The summed E-state index contributed by atoms with van der Waals surface area (Å²) in [6, 6.07) is -1.45. The molecule has 0 bridgehead atoms. The molecule has 1 aromatic rings. The number of hydrogen-bond acceptors (Lipinski definition) is 7. The maximum absolute atomic E-state index is 12.7. The van der Waals surface area contributed by atoms with Crippen molar-refractivity contribution in [2.24, 2.45) is 11.5 Å². The minimum atomic E-state index is -0.855. The third-order valence-electron chi connectivity index (χ3n) is 3.84. The van der Waals surface area contributed by atoms with E-state index in [1.165, 1.54) is 17.8 Å². The molecule has 2 rings (SSSR count). The van der Waals surface area contributed by atoms with Crippen LogP contribution in [0.2, 0.25) is 0 Å². The third-order valence-corrected chi connectivity index (χ3v) is 3.84. The lowest BCUT2D eigenvalue weighted by atomic mass is 10.1. The van der Waals surface area contributed by atoms with Crippen LogP contribution < -0.4 is 16.8 Å². The lowest BCUT2D eigenvalue weighted by Crippen LogP contribution is -2.49. The van der Waals surface area contributed by atoms with Gasteiger partial charge >= 0.3 is 0 Å². The van der Waals surface area contributed by atoms with Gasteiger partial charge in [-0.25, -0.2) is 4.68 Å². The van der Waals surface area contributed by atoms with E-state index in [1.807, 2.05) is 0 Å². The number of rotatable bonds is 7. The Labute approximate surface area is 139 Å². The van der Waals surface area contributed by atoms with Gasteiger partial charge in [-0.05, 0) is 6.92 Å². The SMILES string of the molecule is CC(=O)C[C@H](N)c1cn([C@@H](CC(N)=O)C(=O)N2CCNCC2)nn1. The van der Waals surface area contributed by atoms with Crippen LogP contribution >= 0.6 is 0 Å². The molecule has 1 aliphatic rings. The van der Waals surface area contributed by atoms with Gasteiger partial charge in [-0.2, -0.15) is 0 Å². The average molecular weight is 337 g/mol. The number of amides is 2. The molecule has 10 nitrogen and oxygen atoms in total. The number of aromatic nitrogens is 3. The van der Waals surface area contributed by atoms with Crippen molar-refractivity contribution in [1.82, 2.24) is 25.2 Å². The number of ketones is 1. The van der Waals surface area contributed by atoms with Crippen molar-refractivity contribution in [3.63, 3.8) is 0 Å². The number of nitrogens with zero attached hydrogens (tertiary/aromatic N) is 4. The summed E-state index contributed by atoms with van der Waals surface area (Å²) in [4.78, 5) is 36.9. The number of Topliss-reactive ketones (excluding diaryl/α,β-unsaturated/α-hetero) is 1. The van der Waals surface area contributed by atoms with Gasteiger partial charge in [0.25, 0.3) is 0 Å². The Morgan fingerprint density at radius 1 is 1.29 bits per heavy atom. The van der Waals surface area contributed by atoms with Crippen molar-refractivity contribution in [1.29, 1.82) is 0 Å². The summed E-state index contributed by atoms with van der Waals surface area (Å²) < 4.78 is 1.31. The first-order chi connectivity index (χ1) is 11.4. The zero-order chi connectivity index (χ0) is 17.7. The highest BCUT2D eigenvalue weighted by Crippen LogP contribution is 2.18. The van der Waals surface area contributed by atoms with Gasteiger partial charge in [-0.1, -0.05) is 5.21 Å². The third kappa shape index (κ3) is 4.59. The van der Waals surface area contributed by atoms with Crippen molar-refractivity contribution in [3.8, 4) is 0 Å². The maximum atomic E-state index is 12.7. The molecule has 2 atom stereocenters. The highest BCUT2D eigenvalue weighted by Gasteiger charge is 2.30. The fourth-order valence-electron chi connectivity index (χ4n) is 2.61. The second-order valence-corrected chi connectivity index (χ2v) is 5.90. The van der Waals surface area contributed by atoms with Gasteiger partial charge in [0, 0.05) is 32.6 Å². The van der Waals surface area contributed by atoms with Crippen molar-refractivity contribution in [2.45, 2.75) is 31.8 Å². The van der Waals surface area contributed by atoms with E-state index < -0.39 is 18.0 Å². The van der Waals surface area contributed by atoms with Gasteiger partial charge < -0.3 is 21.7 Å². The Morgan fingerprint density at radius 3 is 2.54 bits per heavy atom. The topological polar surface area (TPSA) is 149 Å². The van der Waals surface area contributed by atoms with Gasteiger partial charge in [-0.15, -0.1) is 5.10 Å². The number of carbonyl (C=O) groups excluding carboxylic acids is 3. The molecule has 0 unspecified atom stereocenters. The van der Waals surface area contributed by atoms with Crippen LogP contribution in [0.5, 0.6) is 0 Å². The summed E-state index contributed by atoms with van der Waals surface area (Å²) in [5, 5.41) is 11.0. The number of primary amides is 1. The molecular formula is C14H23N7O3. The largest absolute Gasteiger partial charge is 0.370 e. The number of hydrogen-bond donors (Lipinski definition) is 3. The van der Waals surface area contributed by atoms with Crippen LogP contribution in [0.3, 0.4) is 0 Å². The number of carbonyl (C=O) groups is 3. The predicted molar refractivity (Wildman–Crippen MR) is 84.5 cm³/mol. The van der Waals surface area contributed by atoms with E-state index in [0.717, 1.165) is 0 Å². The average Bonchev–Trinajstić information content (AvgIpc) is 3.02. The minimum absolute atomic E-state index is 0.0670. The highest BCUT2D eigenvalue weighted by atomic mass is 16.2. The summed E-state index contributed by atoms with van der Waals surface area (Å²) in [7, 11) is 0. The molecule has 1 aromatic heterocycles. The van der Waals surface area contributed by atoms with Crippen molar-refractivity contribution < 1.29 is 14.4 Å². The number of nitrogens with two attached hydrogens (primary N) is 2. The van der Waals surface area contributed by atoms with E-state index in [-0.39, 0.29) is 24.5 Å². The van der Waals surface area contributed by atoms with Gasteiger partial charge in [0.05, 0.1) is 24.4 Å². The molecule has 0 radical (unpaired) electrons. The summed E-state index contributed by atoms with van der Waals surface area (Å²) in [5.41, 5.74) is 11.6. The standard InChI is InChI=1S/C14H23N7O3/c1-9(22)6-10(15)11-8-21(19-18-11)12(7-13(16)23)14(24)20-4-2-17-3-5-20/h8,10,12,17H,2-7,15H2,1H3,(H2,16,23)/t10-,12-/m0/s1. The van der Waals surface area contributed by atoms with E-state index in [0.29, 0.717) is 31.9 Å². The van der Waals surface area contributed by atoms with E-state index in [4.69, 9.17) is 11.5 Å². The zero-order valence-corrected chi connectivity index (χ0v) is 13.6. The second kappa shape index (κ2) is 7.97. The van der Waals surface area contributed by atoms with Crippen LogP contribution in [-0.4, -0.2) is 63.7 Å². The van der Waals surface area contributed by atoms with Gasteiger partial charge in [-0.3, -0.25) is 14.4 Å². The van der Waals surface area contributed by atoms with Crippen molar-refractivity contribution in [3.05, 3.63) is 11.9 Å². The first-order valence-corrected chi connectivity index (χ1v) is 7.83. The molecule has 132 valence electrons. The van der Waals surface area contributed by atoms with Crippen LogP contribution in [0.4, 0.5) is 0 Å². The van der Waals surface area contributed by atoms with Crippen LogP contribution in [0, 0.1) is 0 Å². The fraction of sp³-hybridized carbons (Fsp3) is 0.643. The first kappa shape index (κ1) is 18.0. The summed E-state index contributed by atoms with van der Waals surface area (Å²) in [6.07, 6.45) is 1.46. The van der Waals surface area contributed by atoms with E-state index >= 15 is 0 Å². The zero-order valence-electron chi connectivity index (χ0n) is 13.6. The quantitative estimate of drug-likeness (QED) is 0.526. The smallest absolute Gasteiger partial charge is 0.248 e.